The van der Waals surface area contributed by atoms with Gasteiger partial charge in [-0.05, 0) is 29.3 Å². The van der Waals surface area contributed by atoms with E-state index in [0.717, 1.165) is 27.7 Å². The lowest BCUT2D eigenvalue weighted by Gasteiger charge is -2.32. The minimum atomic E-state index is -0.100. The molecular formula is C20H19N3O2. The van der Waals surface area contributed by atoms with E-state index in [-0.39, 0.29) is 12.0 Å². The Hall–Kier alpha value is -2.92. The molecule has 1 N–H and O–H groups in total. The summed E-state index contributed by atoms with van der Waals surface area (Å²) in [5.41, 5.74) is 4.14. The molecule has 3 aromatic rings. The minimum Gasteiger partial charge on any atom is -0.370 e. The van der Waals surface area contributed by atoms with Crippen LogP contribution < -0.4 is 0 Å². The van der Waals surface area contributed by atoms with Crippen LogP contribution in [0, 0.1) is 0 Å². The highest BCUT2D eigenvalue weighted by atomic mass is 16.5. The van der Waals surface area contributed by atoms with E-state index in [0.29, 0.717) is 19.7 Å². The normalized spacial score (nSPS) is 17.6. The van der Waals surface area contributed by atoms with Crippen LogP contribution in [0.25, 0.3) is 22.2 Å². The Kier molecular flexibility index (Phi) is 4.07. The van der Waals surface area contributed by atoms with Gasteiger partial charge in [0.2, 0.25) is 5.91 Å². The number of nitrogens with zero attached hydrogens (tertiary/aromatic N) is 2. The third-order valence-corrected chi connectivity index (χ3v) is 4.57. The number of aromatic amines is 1. The van der Waals surface area contributed by atoms with E-state index >= 15 is 0 Å². The minimum absolute atomic E-state index is 0.0456. The van der Waals surface area contributed by atoms with E-state index in [9.17, 15) is 4.79 Å². The summed E-state index contributed by atoms with van der Waals surface area (Å²) in [5.74, 6) is -0.0456. The molecule has 1 aliphatic heterocycles. The highest BCUT2D eigenvalue weighted by Crippen LogP contribution is 2.27. The lowest BCUT2D eigenvalue weighted by Crippen LogP contribution is -2.41. The van der Waals surface area contributed by atoms with E-state index in [1.807, 2.05) is 18.5 Å². The second kappa shape index (κ2) is 6.53. The lowest BCUT2D eigenvalue weighted by atomic mass is 10.0. The van der Waals surface area contributed by atoms with Gasteiger partial charge in [0.15, 0.2) is 0 Å². The summed E-state index contributed by atoms with van der Waals surface area (Å²) in [6, 6.07) is 12.4. The Morgan fingerprint density at radius 1 is 1.28 bits per heavy atom. The zero-order valence-electron chi connectivity index (χ0n) is 13.8. The van der Waals surface area contributed by atoms with Crippen LogP contribution in [-0.4, -0.2) is 40.5 Å². The number of ether oxygens (including phenoxy) is 1. The molecule has 1 atom stereocenters. The van der Waals surface area contributed by atoms with Gasteiger partial charge in [-0.2, -0.15) is 0 Å². The van der Waals surface area contributed by atoms with Crippen molar-refractivity contribution in [2.45, 2.75) is 6.10 Å². The Labute approximate surface area is 145 Å². The quantitative estimate of drug-likeness (QED) is 0.748. The van der Waals surface area contributed by atoms with Gasteiger partial charge in [0.1, 0.15) is 11.8 Å². The predicted octanol–water partition coefficient (Wildman–Crippen LogP) is 3.32. The number of morpholine rings is 1. The number of benzene rings is 1. The number of nitrogens with one attached hydrogen (secondary N) is 1. The van der Waals surface area contributed by atoms with Gasteiger partial charge in [-0.3, -0.25) is 4.79 Å². The average molecular weight is 333 g/mol. The maximum Gasteiger partial charge on any atom is 0.246 e. The summed E-state index contributed by atoms with van der Waals surface area (Å²) in [5, 5.41) is 1.09. The third-order valence-electron chi connectivity index (χ3n) is 4.57. The molecule has 0 unspecified atom stereocenters. The van der Waals surface area contributed by atoms with Crippen molar-refractivity contribution in [1.29, 1.82) is 0 Å². The van der Waals surface area contributed by atoms with Gasteiger partial charge in [-0.1, -0.05) is 30.8 Å². The number of hydrogen-bond donors (Lipinski definition) is 1. The molecule has 25 heavy (non-hydrogen) atoms. The summed E-state index contributed by atoms with van der Waals surface area (Å²) >= 11 is 0. The maximum absolute atomic E-state index is 11.8. The number of H-pyrrole nitrogens is 1. The van der Waals surface area contributed by atoms with E-state index in [4.69, 9.17) is 4.74 Å². The van der Waals surface area contributed by atoms with Crippen molar-refractivity contribution < 1.29 is 9.53 Å². The monoisotopic (exact) mass is 333 g/mol. The van der Waals surface area contributed by atoms with Crippen molar-refractivity contribution in [3.05, 3.63) is 67.0 Å². The Bertz CT molecular complexity index is 914. The molecular weight excluding hydrogens is 314 g/mol. The first kappa shape index (κ1) is 15.6. The van der Waals surface area contributed by atoms with Crippen molar-refractivity contribution in [2.24, 2.45) is 0 Å². The van der Waals surface area contributed by atoms with Gasteiger partial charge in [0.25, 0.3) is 0 Å². The van der Waals surface area contributed by atoms with Gasteiger partial charge >= 0.3 is 0 Å². The van der Waals surface area contributed by atoms with Gasteiger partial charge in [0.05, 0.1) is 13.2 Å². The van der Waals surface area contributed by atoms with Crippen LogP contribution in [-0.2, 0) is 9.53 Å². The van der Waals surface area contributed by atoms with E-state index < -0.39 is 0 Å². The Morgan fingerprint density at radius 3 is 2.92 bits per heavy atom. The molecule has 1 saturated heterocycles. The number of hydrogen-bond acceptors (Lipinski definition) is 3. The predicted molar refractivity (Wildman–Crippen MR) is 97.0 cm³/mol. The molecule has 4 rings (SSSR count). The number of fused-ring (bicyclic) bond motifs is 1. The third kappa shape index (κ3) is 3.06. The maximum atomic E-state index is 11.8. The first-order valence-electron chi connectivity index (χ1n) is 8.31. The van der Waals surface area contributed by atoms with Crippen molar-refractivity contribution in [1.82, 2.24) is 14.9 Å². The molecule has 0 aliphatic carbocycles. The van der Waals surface area contributed by atoms with Gasteiger partial charge in [-0.25, -0.2) is 4.98 Å². The SMILES string of the molecule is C=CC(=O)N1CCO[C@H](c2ccc(-c3cnc4[nH]ccc4c3)cc2)C1. The molecule has 126 valence electrons. The number of carbonyl (C=O) groups is 1. The molecule has 5 nitrogen and oxygen atoms in total. The van der Waals surface area contributed by atoms with Crippen molar-refractivity contribution >= 4 is 16.9 Å². The van der Waals surface area contributed by atoms with Crippen molar-refractivity contribution in [3.63, 3.8) is 0 Å². The molecule has 1 amide bonds. The van der Waals surface area contributed by atoms with Gasteiger partial charge < -0.3 is 14.6 Å². The fourth-order valence-corrected chi connectivity index (χ4v) is 3.17. The second-order valence-corrected chi connectivity index (χ2v) is 6.11. The lowest BCUT2D eigenvalue weighted by molar-refractivity contribution is -0.133. The molecule has 2 aromatic heterocycles. The first-order chi connectivity index (χ1) is 12.2. The molecule has 3 heterocycles. The zero-order valence-corrected chi connectivity index (χ0v) is 13.8. The molecule has 1 aliphatic rings. The topological polar surface area (TPSA) is 58.2 Å². The van der Waals surface area contributed by atoms with Crippen LogP contribution in [0.5, 0.6) is 0 Å². The van der Waals surface area contributed by atoms with Crippen LogP contribution in [0.2, 0.25) is 0 Å². The molecule has 1 aromatic carbocycles. The van der Waals surface area contributed by atoms with Crippen LogP contribution >= 0.6 is 0 Å². The number of rotatable bonds is 3. The number of amides is 1. The standard InChI is InChI=1S/C20H19N3O2/c1-2-19(24)23-9-10-25-18(13-23)15-5-3-14(4-6-15)17-11-16-7-8-21-20(16)22-12-17/h2-8,11-12,18H,1,9-10,13H2,(H,21,22)/t18-/m0/s1. The smallest absolute Gasteiger partial charge is 0.246 e. The van der Waals surface area contributed by atoms with Gasteiger partial charge in [-0.15, -0.1) is 0 Å². The molecule has 0 spiro atoms. The second-order valence-electron chi connectivity index (χ2n) is 6.11. The summed E-state index contributed by atoms with van der Waals surface area (Å²) in [7, 11) is 0. The fraction of sp³-hybridized carbons (Fsp3) is 0.200. The zero-order chi connectivity index (χ0) is 17.2. The largest absolute Gasteiger partial charge is 0.370 e. The number of aromatic nitrogens is 2. The number of carbonyl (C=O) groups excluding carboxylic acids is 1. The Morgan fingerprint density at radius 2 is 2.12 bits per heavy atom. The van der Waals surface area contributed by atoms with Crippen LogP contribution in [0.4, 0.5) is 0 Å². The van der Waals surface area contributed by atoms with Crippen LogP contribution in [0.15, 0.2) is 61.4 Å². The number of pyridine rings is 1. The molecule has 5 heteroatoms. The van der Waals surface area contributed by atoms with E-state index in [1.54, 1.807) is 4.90 Å². The Balaban J connectivity index is 1.55. The fourth-order valence-electron chi connectivity index (χ4n) is 3.17. The summed E-state index contributed by atoms with van der Waals surface area (Å²) in [4.78, 5) is 21.1. The van der Waals surface area contributed by atoms with Crippen molar-refractivity contribution in [3.8, 4) is 11.1 Å². The van der Waals surface area contributed by atoms with E-state index in [2.05, 4.69) is 46.9 Å². The van der Waals surface area contributed by atoms with Gasteiger partial charge in [0, 0.05) is 29.9 Å². The highest BCUT2D eigenvalue weighted by Gasteiger charge is 2.24. The van der Waals surface area contributed by atoms with E-state index in [1.165, 1.54) is 6.08 Å². The molecule has 0 saturated carbocycles. The summed E-state index contributed by atoms with van der Waals surface area (Å²) in [6.07, 6.45) is 5.02. The molecule has 0 radical (unpaired) electrons. The highest BCUT2D eigenvalue weighted by molar-refractivity contribution is 5.87. The summed E-state index contributed by atoms with van der Waals surface area (Å²) in [6.45, 7) is 5.27. The van der Waals surface area contributed by atoms with Crippen LogP contribution in [0.1, 0.15) is 11.7 Å². The average Bonchev–Trinajstić information content (AvgIpc) is 3.15. The van der Waals surface area contributed by atoms with Crippen molar-refractivity contribution in [2.75, 3.05) is 19.7 Å². The molecule has 1 fully saturated rings. The van der Waals surface area contributed by atoms with Crippen LogP contribution in [0.3, 0.4) is 0 Å². The summed E-state index contributed by atoms with van der Waals surface area (Å²) < 4.78 is 5.84. The first-order valence-corrected chi connectivity index (χ1v) is 8.31. The molecule has 0 bridgehead atoms.